The van der Waals surface area contributed by atoms with E-state index in [1.807, 2.05) is 7.05 Å². The largest absolute Gasteiger partial charge is 0.356 e. The summed E-state index contributed by atoms with van der Waals surface area (Å²) < 4.78 is 0. The van der Waals surface area contributed by atoms with Gasteiger partial charge in [-0.1, -0.05) is 19.3 Å². The van der Waals surface area contributed by atoms with Gasteiger partial charge < -0.3 is 15.1 Å². The van der Waals surface area contributed by atoms with Gasteiger partial charge in [-0.25, -0.2) is 4.98 Å². The van der Waals surface area contributed by atoms with Crippen LogP contribution in [0, 0.1) is 5.41 Å². The van der Waals surface area contributed by atoms with Crippen LogP contribution in [0.1, 0.15) is 57.1 Å². The van der Waals surface area contributed by atoms with E-state index in [0.29, 0.717) is 5.41 Å². The number of thiazole rings is 1. The SMILES string of the molecule is CN=C(NCCc1csc(N2CCCC2)n1)N1CCC2(CCCCC2)C1.I. The maximum atomic E-state index is 4.83. The second kappa shape index (κ2) is 9.76. The van der Waals surface area contributed by atoms with Gasteiger partial charge in [0.15, 0.2) is 11.1 Å². The molecule has 3 fully saturated rings. The van der Waals surface area contributed by atoms with Gasteiger partial charge in [0.25, 0.3) is 0 Å². The lowest BCUT2D eigenvalue weighted by molar-refractivity contribution is 0.203. The number of hydrogen-bond acceptors (Lipinski definition) is 4. The molecule has 152 valence electrons. The summed E-state index contributed by atoms with van der Waals surface area (Å²) in [7, 11) is 1.92. The Hall–Kier alpha value is -0.570. The van der Waals surface area contributed by atoms with Crippen LogP contribution in [-0.2, 0) is 6.42 Å². The molecule has 1 saturated carbocycles. The normalized spacial score (nSPS) is 22.3. The topological polar surface area (TPSA) is 43.8 Å². The summed E-state index contributed by atoms with van der Waals surface area (Å²) in [5.41, 5.74) is 1.79. The Kier molecular flexibility index (Phi) is 7.65. The van der Waals surface area contributed by atoms with Gasteiger partial charge in [-0.2, -0.15) is 0 Å². The minimum atomic E-state index is 0. The number of hydrogen-bond donors (Lipinski definition) is 1. The molecule has 0 bridgehead atoms. The van der Waals surface area contributed by atoms with Gasteiger partial charge >= 0.3 is 0 Å². The lowest BCUT2D eigenvalue weighted by Gasteiger charge is -2.33. The molecule has 5 nitrogen and oxygen atoms in total. The van der Waals surface area contributed by atoms with Gasteiger partial charge in [0.2, 0.25) is 0 Å². The molecule has 0 unspecified atom stereocenters. The molecular weight excluding hydrogens is 469 g/mol. The van der Waals surface area contributed by atoms with Gasteiger partial charge in [-0.05, 0) is 37.5 Å². The standard InChI is InChI=1S/C20H33N5S.HI/c1-21-18(25-14-10-20(16-25)8-3-2-4-9-20)22-11-7-17-15-26-19(23-17)24-12-5-6-13-24;/h15H,2-14,16H2,1H3,(H,21,22);1H. The Morgan fingerprint density at radius 1 is 1.15 bits per heavy atom. The second-order valence-electron chi connectivity index (χ2n) is 8.27. The molecule has 1 aromatic heterocycles. The molecule has 4 rings (SSSR count). The van der Waals surface area contributed by atoms with Crippen LogP contribution < -0.4 is 10.2 Å². The highest BCUT2D eigenvalue weighted by Gasteiger charge is 2.39. The second-order valence-corrected chi connectivity index (χ2v) is 9.11. The first-order chi connectivity index (χ1) is 12.8. The van der Waals surface area contributed by atoms with Gasteiger partial charge in [-0.3, -0.25) is 4.99 Å². The molecule has 27 heavy (non-hydrogen) atoms. The van der Waals surface area contributed by atoms with Gasteiger partial charge in [0.1, 0.15) is 0 Å². The minimum Gasteiger partial charge on any atom is -0.356 e. The number of nitrogens with one attached hydrogen (secondary N) is 1. The molecule has 1 aromatic rings. The highest BCUT2D eigenvalue weighted by Crippen LogP contribution is 2.43. The Labute approximate surface area is 185 Å². The average Bonchev–Trinajstić information content (AvgIpc) is 3.41. The Morgan fingerprint density at radius 2 is 1.93 bits per heavy atom. The molecule has 1 N–H and O–H groups in total. The van der Waals surface area contributed by atoms with Crippen LogP contribution in [0.15, 0.2) is 10.4 Å². The van der Waals surface area contributed by atoms with Crippen molar-refractivity contribution in [2.75, 3.05) is 44.7 Å². The van der Waals surface area contributed by atoms with E-state index in [1.165, 1.54) is 81.8 Å². The predicted molar refractivity (Wildman–Crippen MR) is 126 cm³/mol. The first kappa shape index (κ1) is 21.1. The van der Waals surface area contributed by atoms with E-state index in [0.717, 1.165) is 25.5 Å². The molecule has 0 radical (unpaired) electrons. The Balaban J connectivity index is 0.00000210. The van der Waals surface area contributed by atoms with Crippen molar-refractivity contribution in [2.24, 2.45) is 10.4 Å². The first-order valence-electron chi connectivity index (χ1n) is 10.4. The third kappa shape index (κ3) is 5.08. The molecule has 1 aliphatic carbocycles. The van der Waals surface area contributed by atoms with Crippen molar-refractivity contribution in [1.29, 1.82) is 0 Å². The molecule has 2 aliphatic heterocycles. The third-order valence-electron chi connectivity index (χ3n) is 6.44. The van der Waals surface area contributed by atoms with Gasteiger partial charge in [0.05, 0.1) is 5.69 Å². The van der Waals surface area contributed by atoms with E-state index in [-0.39, 0.29) is 24.0 Å². The van der Waals surface area contributed by atoms with Crippen molar-refractivity contribution in [2.45, 2.75) is 57.8 Å². The fourth-order valence-electron chi connectivity index (χ4n) is 4.93. The maximum absolute atomic E-state index is 4.83. The van der Waals surface area contributed by atoms with Crippen molar-refractivity contribution in [3.63, 3.8) is 0 Å². The number of rotatable bonds is 4. The highest BCUT2D eigenvalue weighted by atomic mass is 127. The zero-order chi connectivity index (χ0) is 17.8. The molecule has 0 aromatic carbocycles. The van der Waals surface area contributed by atoms with Crippen LogP contribution >= 0.6 is 35.3 Å². The van der Waals surface area contributed by atoms with Crippen molar-refractivity contribution in [3.8, 4) is 0 Å². The van der Waals surface area contributed by atoms with E-state index < -0.39 is 0 Å². The van der Waals surface area contributed by atoms with Gasteiger partial charge in [0, 0.05) is 51.6 Å². The fraction of sp³-hybridized carbons (Fsp3) is 0.800. The summed E-state index contributed by atoms with van der Waals surface area (Å²) in [6.07, 6.45) is 12.0. The van der Waals surface area contributed by atoms with Crippen LogP contribution in [-0.4, -0.2) is 55.6 Å². The Morgan fingerprint density at radius 3 is 2.67 bits per heavy atom. The number of anilines is 1. The smallest absolute Gasteiger partial charge is 0.193 e. The van der Waals surface area contributed by atoms with E-state index in [2.05, 4.69) is 25.5 Å². The molecule has 2 saturated heterocycles. The summed E-state index contributed by atoms with van der Waals surface area (Å²) in [5, 5.41) is 7.02. The first-order valence-corrected chi connectivity index (χ1v) is 11.3. The molecule has 0 amide bonds. The third-order valence-corrected chi connectivity index (χ3v) is 7.39. The molecule has 0 atom stereocenters. The van der Waals surface area contributed by atoms with Crippen molar-refractivity contribution in [1.82, 2.24) is 15.2 Å². The number of nitrogens with zero attached hydrogens (tertiary/aromatic N) is 4. The molecule has 7 heteroatoms. The van der Waals surface area contributed by atoms with Crippen LogP contribution in [0.5, 0.6) is 0 Å². The van der Waals surface area contributed by atoms with Gasteiger partial charge in [-0.15, -0.1) is 35.3 Å². The zero-order valence-electron chi connectivity index (χ0n) is 16.6. The number of aromatic nitrogens is 1. The number of likely N-dealkylation sites (tertiary alicyclic amines) is 1. The van der Waals surface area contributed by atoms with Crippen LogP contribution in [0.2, 0.25) is 0 Å². The highest BCUT2D eigenvalue weighted by molar-refractivity contribution is 14.0. The van der Waals surface area contributed by atoms with Crippen molar-refractivity contribution < 1.29 is 0 Å². The summed E-state index contributed by atoms with van der Waals surface area (Å²) in [4.78, 5) is 14.3. The monoisotopic (exact) mass is 503 g/mol. The predicted octanol–water partition coefficient (Wildman–Crippen LogP) is 4.14. The summed E-state index contributed by atoms with van der Waals surface area (Å²) >= 11 is 1.80. The van der Waals surface area contributed by atoms with E-state index in [1.54, 1.807) is 11.3 Å². The molecular formula is C20H34IN5S. The fourth-order valence-corrected chi connectivity index (χ4v) is 5.84. The van der Waals surface area contributed by atoms with Crippen LogP contribution in [0.25, 0.3) is 0 Å². The molecule has 3 aliphatic rings. The minimum absolute atomic E-state index is 0. The summed E-state index contributed by atoms with van der Waals surface area (Å²) in [6.45, 7) is 5.63. The summed E-state index contributed by atoms with van der Waals surface area (Å²) in [5.74, 6) is 1.09. The van der Waals surface area contributed by atoms with E-state index in [9.17, 15) is 0 Å². The number of guanidine groups is 1. The number of aliphatic imine (C=N–C) groups is 1. The van der Waals surface area contributed by atoms with Crippen molar-refractivity contribution in [3.05, 3.63) is 11.1 Å². The Bertz CT molecular complexity index is 620. The lowest BCUT2D eigenvalue weighted by atomic mass is 9.73. The number of halogens is 1. The molecule has 3 heterocycles. The quantitative estimate of drug-likeness (QED) is 0.381. The average molecular weight is 503 g/mol. The van der Waals surface area contributed by atoms with E-state index >= 15 is 0 Å². The summed E-state index contributed by atoms with van der Waals surface area (Å²) in [6, 6.07) is 0. The zero-order valence-corrected chi connectivity index (χ0v) is 19.7. The van der Waals surface area contributed by atoms with E-state index in [4.69, 9.17) is 4.98 Å². The van der Waals surface area contributed by atoms with Crippen molar-refractivity contribution >= 4 is 46.4 Å². The molecule has 1 spiro atoms. The maximum Gasteiger partial charge on any atom is 0.193 e. The van der Waals surface area contributed by atoms with Crippen LogP contribution in [0.4, 0.5) is 5.13 Å². The lowest BCUT2D eigenvalue weighted by Crippen LogP contribution is -2.42. The van der Waals surface area contributed by atoms with Crippen LogP contribution in [0.3, 0.4) is 0 Å².